The quantitative estimate of drug-likeness (QED) is 0.185. The molecule has 0 atom stereocenters. The van der Waals surface area contributed by atoms with E-state index in [9.17, 15) is 14.4 Å². The summed E-state index contributed by atoms with van der Waals surface area (Å²) in [6, 6.07) is 22.9. The lowest BCUT2D eigenvalue weighted by Crippen LogP contribution is -2.26. The van der Waals surface area contributed by atoms with E-state index in [1.165, 1.54) is 34.9 Å². The Morgan fingerprint density at radius 2 is 1.65 bits per heavy atom. The van der Waals surface area contributed by atoms with Crippen LogP contribution in [0.1, 0.15) is 26.4 Å². The van der Waals surface area contributed by atoms with Gasteiger partial charge < -0.3 is 4.74 Å². The Bertz CT molecular complexity index is 1650. The van der Waals surface area contributed by atoms with Crippen molar-refractivity contribution in [1.29, 1.82) is 0 Å². The summed E-state index contributed by atoms with van der Waals surface area (Å²) >= 11 is 2.69. The molecule has 5 rings (SSSR count). The molecule has 1 N–H and O–H groups in total. The monoisotopic (exact) mass is 529 g/mol. The van der Waals surface area contributed by atoms with E-state index in [0.29, 0.717) is 37.2 Å². The number of anilines is 1. The zero-order valence-electron chi connectivity index (χ0n) is 19.5. The van der Waals surface area contributed by atoms with E-state index in [1.807, 2.05) is 18.2 Å². The highest BCUT2D eigenvalue weighted by Gasteiger charge is 2.19. The van der Waals surface area contributed by atoms with Crippen molar-refractivity contribution in [2.75, 3.05) is 12.4 Å². The van der Waals surface area contributed by atoms with Crippen LogP contribution in [0.4, 0.5) is 5.13 Å². The van der Waals surface area contributed by atoms with Gasteiger partial charge in [-0.05, 0) is 35.9 Å². The number of aromatic nitrogens is 4. The SMILES string of the molecule is COC(=O)c1ccc(CSc2nnc(NC(=O)c3nn(-c4ccccc4)c(=O)c4ccccc34)s2)cc1. The third-order valence-corrected chi connectivity index (χ3v) is 7.43. The lowest BCUT2D eigenvalue weighted by Gasteiger charge is -2.10. The molecule has 0 aliphatic heterocycles. The number of benzene rings is 3. The molecule has 0 bridgehead atoms. The summed E-state index contributed by atoms with van der Waals surface area (Å²) in [4.78, 5) is 37.9. The molecule has 0 unspecified atom stereocenters. The third-order valence-electron chi connectivity index (χ3n) is 5.39. The Balaban J connectivity index is 1.34. The van der Waals surface area contributed by atoms with Crippen molar-refractivity contribution in [3.05, 3.63) is 106 Å². The van der Waals surface area contributed by atoms with Crippen molar-refractivity contribution in [1.82, 2.24) is 20.0 Å². The number of thioether (sulfide) groups is 1. The summed E-state index contributed by atoms with van der Waals surface area (Å²) in [6.45, 7) is 0. The summed E-state index contributed by atoms with van der Waals surface area (Å²) in [5.74, 6) is -0.268. The first-order valence-electron chi connectivity index (χ1n) is 11.1. The Morgan fingerprint density at radius 3 is 2.38 bits per heavy atom. The number of ether oxygens (including phenoxy) is 1. The van der Waals surface area contributed by atoms with Gasteiger partial charge in [-0.1, -0.05) is 71.6 Å². The van der Waals surface area contributed by atoms with E-state index in [2.05, 4.69) is 20.6 Å². The summed E-state index contributed by atoms with van der Waals surface area (Å²) in [7, 11) is 1.34. The molecule has 0 fully saturated rings. The highest BCUT2D eigenvalue weighted by Crippen LogP contribution is 2.29. The van der Waals surface area contributed by atoms with Crippen LogP contribution in [-0.4, -0.2) is 39.0 Å². The summed E-state index contributed by atoms with van der Waals surface area (Å²) in [5, 5.41) is 16.5. The fraction of sp³-hybridized carbons (Fsp3) is 0.0769. The fourth-order valence-electron chi connectivity index (χ4n) is 3.58. The second-order valence-corrected chi connectivity index (χ2v) is 9.95. The molecule has 3 aromatic carbocycles. The van der Waals surface area contributed by atoms with Crippen LogP contribution < -0.4 is 10.9 Å². The molecule has 2 aromatic heterocycles. The van der Waals surface area contributed by atoms with Crippen molar-refractivity contribution >= 4 is 50.9 Å². The van der Waals surface area contributed by atoms with Crippen molar-refractivity contribution in [3.63, 3.8) is 0 Å². The highest BCUT2D eigenvalue weighted by molar-refractivity contribution is 8.00. The van der Waals surface area contributed by atoms with Gasteiger partial charge in [-0.2, -0.15) is 9.78 Å². The van der Waals surface area contributed by atoms with E-state index in [-0.39, 0.29) is 17.2 Å². The highest BCUT2D eigenvalue weighted by atomic mass is 32.2. The minimum atomic E-state index is -0.494. The van der Waals surface area contributed by atoms with Crippen LogP contribution >= 0.6 is 23.1 Å². The van der Waals surface area contributed by atoms with Crippen LogP contribution in [0.15, 0.2) is 88.0 Å². The maximum atomic E-state index is 13.2. The first-order valence-corrected chi connectivity index (χ1v) is 12.9. The molecule has 0 radical (unpaired) electrons. The Morgan fingerprint density at radius 1 is 0.946 bits per heavy atom. The van der Waals surface area contributed by atoms with Gasteiger partial charge >= 0.3 is 5.97 Å². The first-order chi connectivity index (χ1) is 18.0. The lowest BCUT2D eigenvalue weighted by molar-refractivity contribution is 0.0600. The number of rotatable bonds is 7. The zero-order chi connectivity index (χ0) is 25.8. The number of methoxy groups -OCH3 is 1. The number of hydrogen-bond donors (Lipinski definition) is 1. The van der Waals surface area contributed by atoms with Gasteiger partial charge in [0.2, 0.25) is 5.13 Å². The molecule has 37 heavy (non-hydrogen) atoms. The third kappa shape index (κ3) is 5.27. The number of carbonyl (C=O) groups excluding carboxylic acids is 2. The molecular weight excluding hydrogens is 510 g/mol. The average molecular weight is 530 g/mol. The van der Waals surface area contributed by atoms with Gasteiger partial charge in [0, 0.05) is 11.1 Å². The molecule has 1 amide bonds. The van der Waals surface area contributed by atoms with Crippen LogP contribution in [-0.2, 0) is 10.5 Å². The predicted octanol–water partition coefficient (Wildman–Crippen LogP) is 4.57. The molecule has 0 saturated heterocycles. The molecule has 0 aliphatic carbocycles. The van der Waals surface area contributed by atoms with Crippen molar-refractivity contribution in [2.45, 2.75) is 10.1 Å². The minimum absolute atomic E-state index is 0.106. The van der Waals surface area contributed by atoms with Gasteiger partial charge in [0.15, 0.2) is 10.0 Å². The zero-order valence-corrected chi connectivity index (χ0v) is 21.1. The first kappa shape index (κ1) is 24.3. The summed E-state index contributed by atoms with van der Waals surface area (Å²) in [6.07, 6.45) is 0. The molecule has 5 aromatic rings. The second kappa shape index (κ2) is 10.7. The summed E-state index contributed by atoms with van der Waals surface area (Å²) < 4.78 is 6.61. The van der Waals surface area contributed by atoms with E-state index >= 15 is 0 Å². The molecule has 0 spiro atoms. The van der Waals surface area contributed by atoms with E-state index in [0.717, 1.165) is 5.56 Å². The standard InChI is InChI=1S/C26H19N5O4S2/c1-35-24(34)17-13-11-16(12-14-17)15-36-26-29-28-25(37-26)27-22(32)21-19-9-5-6-10-20(19)23(33)31(30-21)18-7-3-2-4-8-18/h2-14H,15H2,1H3,(H,27,28,32). The fourth-order valence-corrected chi connectivity index (χ4v) is 5.28. The van der Waals surface area contributed by atoms with E-state index in [4.69, 9.17) is 4.74 Å². The van der Waals surface area contributed by atoms with Gasteiger partial charge in [0.05, 0.1) is 23.7 Å². The normalized spacial score (nSPS) is 10.8. The molecule has 11 heteroatoms. The van der Waals surface area contributed by atoms with E-state index in [1.54, 1.807) is 60.7 Å². The Kier molecular flexibility index (Phi) is 7.06. The largest absolute Gasteiger partial charge is 0.465 e. The molecule has 184 valence electrons. The average Bonchev–Trinajstić information content (AvgIpc) is 3.39. The topological polar surface area (TPSA) is 116 Å². The number of nitrogens with one attached hydrogen (secondary N) is 1. The summed E-state index contributed by atoms with van der Waals surface area (Å²) in [5.41, 5.74) is 1.83. The van der Waals surface area contributed by atoms with Crippen LogP contribution in [0, 0.1) is 0 Å². The van der Waals surface area contributed by atoms with Crippen LogP contribution in [0.2, 0.25) is 0 Å². The number of amides is 1. The molecule has 0 saturated carbocycles. The number of hydrogen-bond acceptors (Lipinski definition) is 9. The molecule has 2 heterocycles. The number of para-hydroxylation sites is 1. The molecular formula is C26H19N5O4S2. The number of carbonyl (C=O) groups is 2. The minimum Gasteiger partial charge on any atom is -0.465 e. The molecule has 9 nitrogen and oxygen atoms in total. The van der Waals surface area contributed by atoms with Gasteiger partial charge in [0.25, 0.3) is 11.5 Å². The molecule has 0 aliphatic rings. The number of fused-ring (bicyclic) bond motifs is 1. The Hall–Kier alpha value is -4.35. The maximum Gasteiger partial charge on any atom is 0.337 e. The van der Waals surface area contributed by atoms with Crippen molar-refractivity contribution < 1.29 is 14.3 Å². The maximum absolute atomic E-state index is 13.2. The smallest absolute Gasteiger partial charge is 0.337 e. The Labute approximate surface area is 219 Å². The van der Waals surface area contributed by atoms with Gasteiger partial charge in [-0.25, -0.2) is 4.79 Å². The van der Waals surface area contributed by atoms with Gasteiger partial charge in [-0.15, -0.1) is 10.2 Å². The second-order valence-electron chi connectivity index (χ2n) is 7.75. The van der Waals surface area contributed by atoms with Crippen molar-refractivity contribution in [2.24, 2.45) is 0 Å². The lowest BCUT2D eigenvalue weighted by atomic mass is 10.1. The van der Waals surface area contributed by atoms with Gasteiger partial charge in [0.1, 0.15) is 0 Å². The number of esters is 1. The van der Waals surface area contributed by atoms with Crippen LogP contribution in [0.3, 0.4) is 0 Å². The predicted molar refractivity (Wildman–Crippen MR) is 143 cm³/mol. The number of nitrogens with zero attached hydrogens (tertiary/aromatic N) is 4. The van der Waals surface area contributed by atoms with Crippen LogP contribution in [0.25, 0.3) is 16.5 Å². The van der Waals surface area contributed by atoms with E-state index < -0.39 is 5.91 Å². The van der Waals surface area contributed by atoms with Crippen molar-refractivity contribution in [3.8, 4) is 5.69 Å². The van der Waals surface area contributed by atoms with Gasteiger partial charge in [-0.3, -0.25) is 14.9 Å². The van der Waals surface area contributed by atoms with Crippen LogP contribution in [0.5, 0.6) is 0 Å².